The number of rotatable bonds is 2. The zero-order valence-corrected chi connectivity index (χ0v) is 13.3. The molecule has 0 aliphatic heterocycles. The van der Waals surface area contributed by atoms with E-state index in [-0.39, 0.29) is 17.4 Å². The van der Waals surface area contributed by atoms with Gasteiger partial charge in [-0.3, -0.25) is 4.79 Å². The second-order valence-electron chi connectivity index (χ2n) is 6.50. The molecule has 1 aliphatic rings. The number of fused-ring (bicyclic) bond motifs is 1. The lowest BCUT2D eigenvalue weighted by atomic mass is 9.73. The van der Waals surface area contributed by atoms with Crippen LogP contribution in [0.2, 0.25) is 0 Å². The molecule has 0 spiro atoms. The molecule has 4 nitrogen and oxygen atoms in total. The van der Waals surface area contributed by atoms with Gasteiger partial charge in [-0.05, 0) is 36.5 Å². The molecule has 2 aromatic rings. The molecule has 0 radical (unpaired) electrons. The average molecular weight is 303 g/mol. The maximum Gasteiger partial charge on any atom is 0.251 e. The van der Waals surface area contributed by atoms with Crippen molar-refractivity contribution in [3.63, 3.8) is 0 Å². The Hall–Kier alpha value is -1.62. The van der Waals surface area contributed by atoms with E-state index < -0.39 is 0 Å². The van der Waals surface area contributed by atoms with Crippen molar-refractivity contribution in [3.8, 4) is 0 Å². The Bertz CT molecular complexity index is 677. The lowest BCUT2D eigenvalue weighted by Crippen LogP contribution is -2.46. The monoisotopic (exact) mass is 303 g/mol. The van der Waals surface area contributed by atoms with Crippen LogP contribution in [0.3, 0.4) is 0 Å². The molecule has 1 atom stereocenters. The molecule has 112 valence electrons. The summed E-state index contributed by atoms with van der Waals surface area (Å²) in [5, 5.41) is 3.75. The minimum Gasteiger partial charge on any atom is -0.375 e. The second-order valence-corrected chi connectivity index (χ2v) is 7.56. The minimum absolute atomic E-state index is 0.00356. The van der Waals surface area contributed by atoms with E-state index in [0.29, 0.717) is 10.7 Å². The molecule has 1 amide bonds. The average Bonchev–Trinajstić information content (AvgIpc) is 2.80. The first kappa shape index (κ1) is 14.3. The number of aromatic nitrogens is 1. The number of nitrogen functional groups attached to an aromatic ring is 1. The van der Waals surface area contributed by atoms with E-state index in [9.17, 15) is 4.79 Å². The number of amides is 1. The van der Waals surface area contributed by atoms with Crippen molar-refractivity contribution < 1.29 is 4.79 Å². The first-order valence-corrected chi connectivity index (χ1v) is 8.24. The van der Waals surface area contributed by atoms with Gasteiger partial charge in [-0.25, -0.2) is 4.98 Å². The normalized spacial score (nSPS) is 21.3. The molecule has 3 rings (SSSR count). The summed E-state index contributed by atoms with van der Waals surface area (Å²) in [6.07, 6.45) is 4.68. The Kier molecular flexibility index (Phi) is 3.61. The zero-order chi connectivity index (χ0) is 15.0. The van der Waals surface area contributed by atoms with Crippen LogP contribution in [0, 0.1) is 5.41 Å². The number of carbonyl (C=O) groups is 1. The van der Waals surface area contributed by atoms with E-state index >= 15 is 0 Å². The SMILES string of the molecule is CC1(C)CCCCC1NC(=O)c1ccc2nc(N)sc2c1. The minimum atomic E-state index is 0.00356. The van der Waals surface area contributed by atoms with Crippen molar-refractivity contribution in [1.82, 2.24) is 10.3 Å². The fourth-order valence-corrected chi connectivity index (χ4v) is 3.86. The first-order valence-electron chi connectivity index (χ1n) is 7.43. The van der Waals surface area contributed by atoms with Gasteiger partial charge in [0.25, 0.3) is 5.91 Å². The van der Waals surface area contributed by atoms with Crippen molar-refractivity contribution in [2.24, 2.45) is 5.41 Å². The van der Waals surface area contributed by atoms with E-state index in [4.69, 9.17) is 5.73 Å². The summed E-state index contributed by atoms with van der Waals surface area (Å²) in [6.45, 7) is 4.48. The van der Waals surface area contributed by atoms with Crippen molar-refractivity contribution in [3.05, 3.63) is 23.8 Å². The summed E-state index contributed by atoms with van der Waals surface area (Å²) in [5.74, 6) is 0.00356. The van der Waals surface area contributed by atoms with Crippen molar-refractivity contribution in [2.45, 2.75) is 45.6 Å². The van der Waals surface area contributed by atoms with E-state index in [0.717, 1.165) is 16.6 Å². The molecule has 3 N–H and O–H groups in total. The predicted molar refractivity (Wildman–Crippen MR) is 87.5 cm³/mol. The summed E-state index contributed by atoms with van der Waals surface area (Å²) in [4.78, 5) is 16.7. The Balaban J connectivity index is 1.80. The number of anilines is 1. The third kappa shape index (κ3) is 2.88. The molecule has 21 heavy (non-hydrogen) atoms. The molecule has 1 aromatic carbocycles. The third-order valence-electron chi connectivity index (χ3n) is 4.48. The van der Waals surface area contributed by atoms with Crippen molar-refractivity contribution >= 4 is 32.6 Å². The van der Waals surface area contributed by atoms with Gasteiger partial charge in [0, 0.05) is 11.6 Å². The molecule has 1 fully saturated rings. The fourth-order valence-electron chi connectivity index (χ4n) is 3.09. The molecule has 1 saturated carbocycles. The Morgan fingerprint density at radius 3 is 3.00 bits per heavy atom. The van der Waals surface area contributed by atoms with Crippen LogP contribution in [0.1, 0.15) is 49.9 Å². The lowest BCUT2D eigenvalue weighted by Gasteiger charge is -2.39. The molecular formula is C16H21N3OS. The summed E-state index contributed by atoms with van der Waals surface area (Å²) >= 11 is 1.42. The van der Waals surface area contributed by atoms with Crippen LogP contribution in [-0.4, -0.2) is 16.9 Å². The third-order valence-corrected chi connectivity index (χ3v) is 5.33. The van der Waals surface area contributed by atoms with Gasteiger partial charge in [-0.1, -0.05) is 38.0 Å². The Morgan fingerprint density at radius 1 is 1.43 bits per heavy atom. The topological polar surface area (TPSA) is 68.0 Å². The van der Waals surface area contributed by atoms with E-state index in [2.05, 4.69) is 24.1 Å². The van der Waals surface area contributed by atoms with Crippen molar-refractivity contribution in [1.29, 1.82) is 0 Å². The summed E-state index contributed by atoms with van der Waals surface area (Å²) in [5.41, 5.74) is 7.42. The van der Waals surface area contributed by atoms with Gasteiger partial charge in [0.1, 0.15) is 0 Å². The van der Waals surface area contributed by atoms with Gasteiger partial charge in [0.2, 0.25) is 0 Å². The number of nitrogens with zero attached hydrogens (tertiary/aromatic N) is 1. The largest absolute Gasteiger partial charge is 0.375 e. The lowest BCUT2D eigenvalue weighted by molar-refractivity contribution is 0.0853. The van der Waals surface area contributed by atoms with Crippen LogP contribution >= 0.6 is 11.3 Å². The number of carbonyl (C=O) groups excluding carboxylic acids is 1. The Morgan fingerprint density at radius 2 is 2.24 bits per heavy atom. The number of hydrogen-bond acceptors (Lipinski definition) is 4. The quantitative estimate of drug-likeness (QED) is 0.891. The van der Waals surface area contributed by atoms with Crippen LogP contribution in [0.25, 0.3) is 10.2 Å². The van der Waals surface area contributed by atoms with Gasteiger partial charge in [-0.2, -0.15) is 0 Å². The number of benzene rings is 1. The molecule has 0 bridgehead atoms. The number of hydrogen-bond donors (Lipinski definition) is 2. The highest BCUT2D eigenvalue weighted by Crippen LogP contribution is 2.35. The van der Waals surface area contributed by atoms with Gasteiger partial charge >= 0.3 is 0 Å². The van der Waals surface area contributed by atoms with Gasteiger partial charge in [0.05, 0.1) is 10.2 Å². The molecule has 5 heteroatoms. The molecular weight excluding hydrogens is 282 g/mol. The van der Waals surface area contributed by atoms with E-state index in [1.807, 2.05) is 18.2 Å². The zero-order valence-electron chi connectivity index (χ0n) is 12.5. The number of thiazole rings is 1. The van der Waals surface area contributed by atoms with Gasteiger partial charge < -0.3 is 11.1 Å². The van der Waals surface area contributed by atoms with Crippen molar-refractivity contribution in [2.75, 3.05) is 5.73 Å². The highest BCUT2D eigenvalue weighted by atomic mass is 32.1. The van der Waals surface area contributed by atoms with Gasteiger partial charge in [0.15, 0.2) is 5.13 Å². The van der Waals surface area contributed by atoms with Crippen LogP contribution in [0.4, 0.5) is 5.13 Å². The maximum atomic E-state index is 12.5. The number of nitrogens with two attached hydrogens (primary N) is 1. The smallest absolute Gasteiger partial charge is 0.251 e. The maximum absolute atomic E-state index is 12.5. The second kappa shape index (κ2) is 5.30. The number of nitrogens with one attached hydrogen (secondary N) is 1. The standard InChI is InChI=1S/C16H21N3OS/c1-16(2)8-4-3-5-13(16)19-14(20)10-6-7-11-12(9-10)21-15(17)18-11/h6-7,9,13H,3-5,8H2,1-2H3,(H2,17,18)(H,19,20). The first-order chi connectivity index (χ1) is 9.95. The van der Waals surface area contributed by atoms with Crippen LogP contribution in [0.15, 0.2) is 18.2 Å². The molecule has 1 aliphatic carbocycles. The predicted octanol–water partition coefficient (Wildman–Crippen LogP) is 3.58. The molecule has 1 heterocycles. The highest BCUT2D eigenvalue weighted by molar-refractivity contribution is 7.22. The van der Waals surface area contributed by atoms with E-state index in [1.165, 1.54) is 30.6 Å². The summed E-state index contributed by atoms with van der Waals surface area (Å²) in [6, 6.07) is 5.82. The summed E-state index contributed by atoms with van der Waals surface area (Å²) in [7, 11) is 0. The van der Waals surface area contributed by atoms with E-state index in [1.54, 1.807) is 0 Å². The highest BCUT2D eigenvalue weighted by Gasteiger charge is 2.33. The molecule has 1 aromatic heterocycles. The van der Waals surface area contributed by atoms with Crippen LogP contribution < -0.4 is 11.1 Å². The Labute approximate surface area is 128 Å². The van der Waals surface area contributed by atoms with Crippen LogP contribution in [0.5, 0.6) is 0 Å². The molecule has 0 saturated heterocycles. The van der Waals surface area contributed by atoms with Crippen LogP contribution in [-0.2, 0) is 0 Å². The summed E-state index contributed by atoms with van der Waals surface area (Å²) < 4.78 is 0.961. The fraction of sp³-hybridized carbons (Fsp3) is 0.500. The van der Waals surface area contributed by atoms with Gasteiger partial charge in [-0.15, -0.1) is 0 Å². The molecule has 1 unspecified atom stereocenters.